The van der Waals surface area contributed by atoms with Crippen LogP contribution in [-0.2, 0) is 4.74 Å². The predicted molar refractivity (Wildman–Crippen MR) is 101 cm³/mol. The van der Waals surface area contributed by atoms with Gasteiger partial charge in [-0.15, -0.1) is 0 Å². The molecule has 0 aliphatic rings. The second kappa shape index (κ2) is 19.5. The van der Waals surface area contributed by atoms with Gasteiger partial charge in [-0.3, -0.25) is 0 Å². The molecule has 1 unspecified atom stereocenters. The van der Waals surface area contributed by atoms with Gasteiger partial charge in [0.2, 0.25) is 0 Å². The summed E-state index contributed by atoms with van der Waals surface area (Å²) in [5, 5.41) is 9.37. The van der Waals surface area contributed by atoms with Gasteiger partial charge in [-0.05, 0) is 6.42 Å². The zero-order chi connectivity index (χ0) is 17.0. The molecule has 0 amide bonds. The van der Waals surface area contributed by atoms with E-state index in [2.05, 4.69) is 13.5 Å². The van der Waals surface area contributed by atoms with E-state index >= 15 is 0 Å². The number of aliphatic hydroxyl groups is 1. The first-order chi connectivity index (χ1) is 11.3. The summed E-state index contributed by atoms with van der Waals surface area (Å²) in [5.41, 5.74) is 0. The molecule has 0 radical (unpaired) electrons. The Morgan fingerprint density at radius 2 is 1.04 bits per heavy atom. The highest BCUT2D eigenvalue weighted by atomic mass is 16.6. The van der Waals surface area contributed by atoms with Crippen molar-refractivity contribution in [2.75, 3.05) is 0 Å². The van der Waals surface area contributed by atoms with Gasteiger partial charge in [-0.1, -0.05) is 110 Å². The highest BCUT2D eigenvalue weighted by Crippen LogP contribution is 2.14. The predicted octanol–water partition coefficient (Wildman–Crippen LogP) is 7.12. The van der Waals surface area contributed by atoms with Crippen molar-refractivity contribution in [3.63, 3.8) is 0 Å². The van der Waals surface area contributed by atoms with Crippen molar-refractivity contribution in [3.8, 4) is 0 Å². The van der Waals surface area contributed by atoms with E-state index in [4.69, 9.17) is 4.74 Å². The summed E-state index contributed by atoms with van der Waals surface area (Å²) in [6.07, 6.45) is 23.4. The number of unbranched alkanes of at least 4 members (excludes halogenated alkanes) is 15. The van der Waals surface area contributed by atoms with Crippen LogP contribution in [0, 0.1) is 0 Å². The minimum atomic E-state index is -0.654. The van der Waals surface area contributed by atoms with Crippen LogP contribution in [-0.4, -0.2) is 11.4 Å². The molecular weight excluding hydrogens is 284 g/mol. The van der Waals surface area contributed by atoms with E-state index in [1.807, 2.05) is 0 Å². The van der Waals surface area contributed by atoms with E-state index in [-0.39, 0.29) is 0 Å². The summed E-state index contributed by atoms with van der Waals surface area (Å²) in [6.45, 7) is 5.72. The van der Waals surface area contributed by atoms with Crippen LogP contribution < -0.4 is 0 Å². The van der Waals surface area contributed by atoms with Crippen LogP contribution in [0.15, 0.2) is 12.8 Å². The molecule has 23 heavy (non-hydrogen) atoms. The van der Waals surface area contributed by atoms with Gasteiger partial charge in [0.25, 0.3) is 0 Å². The Kier molecular flexibility index (Phi) is 19.1. The van der Waals surface area contributed by atoms with Crippen LogP contribution in [0.25, 0.3) is 0 Å². The lowest BCUT2D eigenvalue weighted by Gasteiger charge is -2.09. The van der Waals surface area contributed by atoms with Crippen LogP contribution in [0.4, 0.5) is 0 Å². The number of rotatable bonds is 19. The van der Waals surface area contributed by atoms with Gasteiger partial charge in [-0.25, -0.2) is 0 Å². The molecular formula is C21H42O2. The Balaban J connectivity index is 3.01. The molecule has 0 fully saturated rings. The zero-order valence-electron chi connectivity index (χ0n) is 15.7. The molecule has 0 bridgehead atoms. The third-order valence-corrected chi connectivity index (χ3v) is 4.56. The fourth-order valence-electron chi connectivity index (χ4n) is 3.05. The van der Waals surface area contributed by atoms with Crippen LogP contribution in [0.5, 0.6) is 0 Å². The molecule has 0 aromatic heterocycles. The number of hydrogen-bond acceptors (Lipinski definition) is 2. The maximum absolute atomic E-state index is 9.37. The molecule has 1 N–H and O–H groups in total. The van der Waals surface area contributed by atoms with E-state index in [0.717, 1.165) is 12.8 Å². The van der Waals surface area contributed by atoms with E-state index in [1.54, 1.807) is 0 Å². The van der Waals surface area contributed by atoms with Crippen molar-refractivity contribution in [3.05, 3.63) is 12.8 Å². The van der Waals surface area contributed by atoms with Crippen LogP contribution >= 0.6 is 0 Å². The first kappa shape index (κ1) is 22.5. The van der Waals surface area contributed by atoms with Gasteiger partial charge in [0.05, 0.1) is 6.26 Å². The monoisotopic (exact) mass is 326 g/mol. The number of aliphatic hydroxyl groups excluding tert-OH is 1. The summed E-state index contributed by atoms with van der Waals surface area (Å²) in [5.74, 6) is 0. The fourth-order valence-corrected chi connectivity index (χ4v) is 3.05. The summed E-state index contributed by atoms with van der Waals surface area (Å²) < 4.78 is 4.89. The molecule has 0 saturated heterocycles. The van der Waals surface area contributed by atoms with Crippen molar-refractivity contribution < 1.29 is 9.84 Å². The fraction of sp³-hybridized carbons (Fsp3) is 0.905. The third-order valence-electron chi connectivity index (χ3n) is 4.56. The number of ether oxygens (including phenoxy) is 1. The Hall–Kier alpha value is -0.500. The van der Waals surface area contributed by atoms with Gasteiger partial charge in [0, 0.05) is 6.42 Å². The average molecular weight is 327 g/mol. The van der Waals surface area contributed by atoms with Gasteiger partial charge in [0.1, 0.15) is 0 Å². The quantitative estimate of drug-likeness (QED) is 0.156. The van der Waals surface area contributed by atoms with Crippen molar-refractivity contribution in [2.24, 2.45) is 0 Å². The molecule has 0 aliphatic carbocycles. The van der Waals surface area contributed by atoms with E-state index in [9.17, 15) is 5.11 Å². The average Bonchev–Trinajstić information content (AvgIpc) is 2.54. The molecule has 0 rings (SSSR count). The Labute approximate surface area is 145 Å². The minimum Gasteiger partial charge on any atom is -0.473 e. The summed E-state index contributed by atoms with van der Waals surface area (Å²) in [7, 11) is 0. The van der Waals surface area contributed by atoms with Crippen molar-refractivity contribution in [1.29, 1.82) is 0 Å². The lowest BCUT2D eigenvalue weighted by molar-refractivity contribution is -0.0569. The molecule has 2 nitrogen and oxygen atoms in total. The molecule has 138 valence electrons. The largest absolute Gasteiger partial charge is 0.473 e. The Bertz CT molecular complexity index is 228. The normalized spacial score (nSPS) is 12.3. The maximum Gasteiger partial charge on any atom is 0.196 e. The van der Waals surface area contributed by atoms with Gasteiger partial charge < -0.3 is 9.84 Å². The van der Waals surface area contributed by atoms with E-state index in [0.29, 0.717) is 0 Å². The van der Waals surface area contributed by atoms with Crippen molar-refractivity contribution in [2.45, 2.75) is 122 Å². The highest BCUT2D eigenvalue weighted by molar-refractivity contribution is 4.54. The standard InChI is InChI=1S/C21H42O2/c1-3-5-6-7-8-9-10-11-12-13-14-15-16-17-18-19-20-21(22)23-4-2/h4,21-22H,2-3,5-20H2,1H3. The molecule has 0 aromatic carbocycles. The summed E-state index contributed by atoms with van der Waals surface area (Å²) in [6, 6.07) is 0. The lowest BCUT2D eigenvalue weighted by atomic mass is 10.0. The smallest absolute Gasteiger partial charge is 0.196 e. The summed E-state index contributed by atoms with van der Waals surface area (Å²) >= 11 is 0. The third kappa shape index (κ3) is 19.5. The number of hydrogen-bond donors (Lipinski definition) is 1. The topological polar surface area (TPSA) is 29.5 Å². The Morgan fingerprint density at radius 3 is 1.39 bits per heavy atom. The zero-order valence-corrected chi connectivity index (χ0v) is 15.7. The molecule has 0 aromatic rings. The maximum atomic E-state index is 9.37. The molecule has 0 aliphatic heterocycles. The second-order valence-electron chi connectivity index (χ2n) is 6.85. The first-order valence-corrected chi connectivity index (χ1v) is 10.3. The molecule has 1 atom stereocenters. The van der Waals surface area contributed by atoms with Crippen LogP contribution in [0.1, 0.15) is 116 Å². The van der Waals surface area contributed by atoms with Crippen molar-refractivity contribution >= 4 is 0 Å². The molecule has 2 heteroatoms. The lowest BCUT2D eigenvalue weighted by Crippen LogP contribution is -2.07. The van der Waals surface area contributed by atoms with Crippen molar-refractivity contribution in [1.82, 2.24) is 0 Å². The summed E-state index contributed by atoms with van der Waals surface area (Å²) in [4.78, 5) is 0. The van der Waals surface area contributed by atoms with Crippen LogP contribution in [0.2, 0.25) is 0 Å². The van der Waals surface area contributed by atoms with E-state index in [1.165, 1.54) is 103 Å². The second-order valence-corrected chi connectivity index (χ2v) is 6.85. The Morgan fingerprint density at radius 1 is 0.696 bits per heavy atom. The molecule has 0 heterocycles. The van der Waals surface area contributed by atoms with Gasteiger partial charge in [0.15, 0.2) is 6.29 Å². The minimum absolute atomic E-state index is 0.654. The van der Waals surface area contributed by atoms with E-state index < -0.39 is 6.29 Å². The SMILES string of the molecule is C=COC(O)CCCCCCCCCCCCCCCCCC. The highest BCUT2D eigenvalue weighted by Gasteiger charge is 2.01. The van der Waals surface area contributed by atoms with Gasteiger partial charge in [-0.2, -0.15) is 0 Å². The molecule has 0 spiro atoms. The van der Waals surface area contributed by atoms with Crippen LogP contribution in [0.3, 0.4) is 0 Å². The first-order valence-electron chi connectivity index (χ1n) is 10.3. The van der Waals surface area contributed by atoms with Gasteiger partial charge >= 0.3 is 0 Å². The molecule has 0 saturated carbocycles.